The normalized spacial score (nSPS) is 19.2. The number of aryl methyl sites for hydroxylation is 1. The van der Waals surface area contributed by atoms with Crippen molar-refractivity contribution in [2.75, 3.05) is 13.6 Å². The van der Waals surface area contributed by atoms with Crippen molar-refractivity contribution in [2.24, 2.45) is 0 Å². The third-order valence-electron chi connectivity index (χ3n) is 6.15. The summed E-state index contributed by atoms with van der Waals surface area (Å²) < 4.78 is 3.70. The van der Waals surface area contributed by atoms with Crippen molar-refractivity contribution in [1.29, 1.82) is 0 Å². The minimum absolute atomic E-state index is 0.0377. The van der Waals surface area contributed by atoms with Gasteiger partial charge in [-0.1, -0.05) is 12.1 Å². The van der Waals surface area contributed by atoms with Crippen LogP contribution in [0.5, 0.6) is 0 Å². The van der Waals surface area contributed by atoms with Gasteiger partial charge in [0.2, 0.25) is 0 Å². The van der Waals surface area contributed by atoms with Gasteiger partial charge < -0.3 is 19.1 Å². The van der Waals surface area contributed by atoms with Gasteiger partial charge in [0.25, 0.3) is 11.5 Å². The molecule has 0 saturated heterocycles. The molecule has 1 saturated carbocycles. The standard InChI is InChI=1S/C23H28N4O3/c1-16-11-12-27(17-7-9-18(28)10-8-17)23(30)21(16)22(29)25(2)13-14-26-15-24-19-5-3-4-6-20(19)26/h3-6,11-12,15,17-18,28H,7-10,13-14H2,1-2H3. The van der Waals surface area contributed by atoms with Gasteiger partial charge in [-0.3, -0.25) is 9.59 Å². The van der Waals surface area contributed by atoms with Gasteiger partial charge in [0, 0.05) is 32.4 Å². The fraction of sp³-hybridized carbons (Fsp3) is 0.435. The third kappa shape index (κ3) is 3.89. The SMILES string of the molecule is Cc1ccn(C2CCC(O)CC2)c(=O)c1C(=O)N(C)CCn1cnc2ccccc21. The van der Waals surface area contributed by atoms with Gasteiger partial charge in [0.15, 0.2) is 0 Å². The largest absolute Gasteiger partial charge is 0.393 e. The molecule has 0 unspecified atom stereocenters. The summed E-state index contributed by atoms with van der Waals surface area (Å²) >= 11 is 0. The van der Waals surface area contributed by atoms with Gasteiger partial charge in [-0.25, -0.2) is 4.98 Å². The number of fused-ring (bicyclic) bond motifs is 1. The maximum atomic E-state index is 13.2. The highest BCUT2D eigenvalue weighted by atomic mass is 16.3. The topological polar surface area (TPSA) is 80.4 Å². The Labute approximate surface area is 175 Å². The number of carbonyl (C=O) groups excluding carboxylic acids is 1. The number of para-hydroxylation sites is 2. The number of amides is 1. The van der Waals surface area contributed by atoms with E-state index in [0.29, 0.717) is 31.5 Å². The second-order valence-electron chi connectivity index (χ2n) is 8.20. The predicted octanol–water partition coefficient (Wildman–Crippen LogP) is 2.75. The lowest BCUT2D eigenvalue weighted by Crippen LogP contribution is -2.38. The number of aromatic nitrogens is 3. The fourth-order valence-corrected chi connectivity index (χ4v) is 4.26. The number of likely N-dealkylation sites (N-methyl/N-ethyl adjacent to an activating group) is 1. The monoisotopic (exact) mass is 408 g/mol. The van der Waals surface area contributed by atoms with Crippen molar-refractivity contribution < 1.29 is 9.90 Å². The minimum Gasteiger partial charge on any atom is -0.393 e. The zero-order valence-corrected chi connectivity index (χ0v) is 17.5. The van der Waals surface area contributed by atoms with Crippen molar-refractivity contribution >= 4 is 16.9 Å². The third-order valence-corrected chi connectivity index (χ3v) is 6.15. The van der Waals surface area contributed by atoms with E-state index >= 15 is 0 Å². The van der Waals surface area contributed by atoms with Crippen LogP contribution in [0.15, 0.2) is 47.7 Å². The molecule has 0 bridgehead atoms. The fourth-order valence-electron chi connectivity index (χ4n) is 4.26. The number of imidazole rings is 1. The van der Waals surface area contributed by atoms with Crippen molar-refractivity contribution in [3.8, 4) is 0 Å². The summed E-state index contributed by atoms with van der Waals surface area (Å²) in [6, 6.07) is 9.76. The zero-order chi connectivity index (χ0) is 21.3. The molecule has 0 spiro atoms. The first-order valence-electron chi connectivity index (χ1n) is 10.5. The second-order valence-corrected chi connectivity index (χ2v) is 8.20. The molecular formula is C23H28N4O3. The Hall–Kier alpha value is -2.93. The van der Waals surface area contributed by atoms with E-state index in [1.54, 1.807) is 36.0 Å². The molecular weight excluding hydrogens is 380 g/mol. The number of aliphatic hydroxyl groups is 1. The lowest BCUT2D eigenvalue weighted by molar-refractivity contribution is 0.0785. The highest BCUT2D eigenvalue weighted by Gasteiger charge is 2.25. The van der Waals surface area contributed by atoms with Crippen molar-refractivity contribution in [3.63, 3.8) is 0 Å². The van der Waals surface area contributed by atoms with Gasteiger partial charge in [-0.2, -0.15) is 0 Å². The molecule has 1 N–H and O–H groups in total. The van der Waals surface area contributed by atoms with Crippen LogP contribution in [0, 0.1) is 6.92 Å². The number of rotatable bonds is 5. The summed E-state index contributed by atoms with van der Waals surface area (Å²) in [5, 5.41) is 9.75. The molecule has 2 heterocycles. The summed E-state index contributed by atoms with van der Waals surface area (Å²) in [5.41, 5.74) is 2.64. The number of aliphatic hydroxyl groups excluding tert-OH is 1. The van der Waals surface area contributed by atoms with Crippen LogP contribution in [0.25, 0.3) is 11.0 Å². The molecule has 30 heavy (non-hydrogen) atoms. The van der Waals surface area contributed by atoms with Crippen LogP contribution in [0.1, 0.15) is 47.6 Å². The lowest BCUT2D eigenvalue weighted by atomic mass is 9.92. The van der Waals surface area contributed by atoms with Gasteiger partial charge >= 0.3 is 0 Å². The van der Waals surface area contributed by atoms with E-state index in [-0.39, 0.29) is 29.2 Å². The van der Waals surface area contributed by atoms with Gasteiger partial charge in [-0.15, -0.1) is 0 Å². The zero-order valence-electron chi connectivity index (χ0n) is 17.5. The van der Waals surface area contributed by atoms with E-state index in [9.17, 15) is 14.7 Å². The number of nitrogens with zero attached hydrogens (tertiary/aromatic N) is 4. The number of hydrogen-bond acceptors (Lipinski definition) is 4. The van der Waals surface area contributed by atoms with E-state index in [1.165, 1.54) is 0 Å². The Bertz CT molecular complexity index is 1110. The summed E-state index contributed by atoms with van der Waals surface area (Å²) in [6.07, 6.45) is 6.16. The molecule has 7 nitrogen and oxygen atoms in total. The summed E-state index contributed by atoms with van der Waals surface area (Å²) in [7, 11) is 1.73. The van der Waals surface area contributed by atoms with Gasteiger partial charge in [0.1, 0.15) is 5.56 Å². The quantitative estimate of drug-likeness (QED) is 0.704. The second kappa shape index (κ2) is 8.44. The Kier molecular flexibility index (Phi) is 5.72. The van der Waals surface area contributed by atoms with Crippen molar-refractivity contribution in [1.82, 2.24) is 19.0 Å². The summed E-state index contributed by atoms with van der Waals surface area (Å²) in [6.45, 7) is 2.88. The van der Waals surface area contributed by atoms with E-state index < -0.39 is 0 Å². The molecule has 1 aliphatic carbocycles. The summed E-state index contributed by atoms with van der Waals surface area (Å²) in [4.78, 5) is 32.3. The van der Waals surface area contributed by atoms with E-state index in [1.807, 2.05) is 34.9 Å². The Morgan fingerprint density at radius 1 is 1.20 bits per heavy atom. The number of benzene rings is 1. The molecule has 1 fully saturated rings. The first kappa shape index (κ1) is 20.3. The van der Waals surface area contributed by atoms with Crippen LogP contribution in [0.2, 0.25) is 0 Å². The maximum Gasteiger partial charge on any atom is 0.263 e. The molecule has 7 heteroatoms. The molecule has 4 rings (SSSR count). The molecule has 0 radical (unpaired) electrons. The highest BCUT2D eigenvalue weighted by molar-refractivity contribution is 5.95. The van der Waals surface area contributed by atoms with Gasteiger partial charge in [0.05, 0.1) is 23.5 Å². The molecule has 2 aromatic heterocycles. The first-order valence-corrected chi connectivity index (χ1v) is 10.5. The smallest absolute Gasteiger partial charge is 0.263 e. The molecule has 0 aliphatic heterocycles. The maximum absolute atomic E-state index is 13.2. The Morgan fingerprint density at radius 2 is 1.93 bits per heavy atom. The Morgan fingerprint density at radius 3 is 2.70 bits per heavy atom. The van der Waals surface area contributed by atoms with Crippen molar-refractivity contribution in [3.05, 3.63) is 64.3 Å². The molecule has 1 aliphatic rings. The minimum atomic E-state index is -0.283. The summed E-state index contributed by atoms with van der Waals surface area (Å²) in [5.74, 6) is -0.257. The van der Waals surface area contributed by atoms with Gasteiger partial charge in [-0.05, 0) is 56.4 Å². The molecule has 0 atom stereocenters. The van der Waals surface area contributed by atoms with E-state index in [2.05, 4.69) is 4.98 Å². The average molecular weight is 409 g/mol. The lowest BCUT2D eigenvalue weighted by Gasteiger charge is -2.28. The molecule has 158 valence electrons. The molecule has 3 aromatic rings. The first-order chi connectivity index (χ1) is 14.5. The number of hydrogen-bond donors (Lipinski definition) is 1. The highest BCUT2D eigenvalue weighted by Crippen LogP contribution is 2.27. The van der Waals surface area contributed by atoms with Crippen LogP contribution in [0.3, 0.4) is 0 Å². The van der Waals surface area contributed by atoms with E-state index in [0.717, 1.165) is 23.9 Å². The number of pyridine rings is 1. The van der Waals surface area contributed by atoms with Crippen LogP contribution >= 0.6 is 0 Å². The van der Waals surface area contributed by atoms with Crippen LogP contribution in [-0.4, -0.2) is 49.7 Å². The van der Waals surface area contributed by atoms with Crippen LogP contribution < -0.4 is 5.56 Å². The number of carbonyl (C=O) groups is 1. The van der Waals surface area contributed by atoms with Crippen molar-refractivity contribution in [2.45, 2.75) is 51.3 Å². The van der Waals surface area contributed by atoms with Crippen LogP contribution in [0.4, 0.5) is 0 Å². The molecule has 1 aromatic carbocycles. The predicted molar refractivity (Wildman–Crippen MR) is 116 cm³/mol. The Balaban J connectivity index is 1.52. The molecule has 1 amide bonds. The average Bonchev–Trinajstić information content (AvgIpc) is 3.16. The van der Waals surface area contributed by atoms with E-state index in [4.69, 9.17) is 0 Å². The van der Waals surface area contributed by atoms with Crippen LogP contribution in [-0.2, 0) is 6.54 Å².